The van der Waals surface area contributed by atoms with Gasteiger partial charge in [0, 0.05) is 0 Å². The van der Waals surface area contributed by atoms with Gasteiger partial charge in [-0.05, 0) is 104 Å². The van der Waals surface area contributed by atoms with Gasteiger partial charge in [0.05, 0.1) is 0 Å². The highest BCUT2D eigenvalue weighted by molar-refractivity contribution is 5.08. The fourth-order valence-corrected chi connectivity index (χ4v) is 9.50. The Morgan fingerprint density at radius 2 is 1.50 bits per heavy atom. The molecule has 0 aromatic carbocycles. The molecule has 0 amide bonds. The highest BCUT2D eigenvalue weighted by Crippen LogP contribution is 2.68. The van der Waals surface area contributed by atoms with E-state index in [2.05, 4.69) is 34.6 Å². The third-order valence-electron chi connectivity index (χ3n) is 11.0. The fourth-order valence-electron chi connectivity index (χ4n) is 9.50. The first-order valence-corrected chi connectivity index (χ1v) is 13.4. The molecule has 8 unspecified atom stereocenters. The van der Waals surface area contributed by atoms with Gasteiger partial charge in [0.15, 0.2) is 0 Å². The van der Waals surface area contributed by atoms with E-state index in [0.29, 0.717) is 10.8 Å². The summed E-state index contributed by atoms with van der Waals surface area (Å²) in [4.78, 5) is 0. The second-order valence-electron chi connectivity index (χ2n) is 12.8. The predicted octanol–water partition coefficient (Wildman–Crippen LogP) is 8.89. The summed E-state index contributed by atoms with van der Waals surface area (Å²) in [5, 5.41) is 0. The molecule has 0 heterocycles. The first kappa shape index (κ1) is 21.2. The van der Waals surface area contributed by atoms with Crippen molar-refractivity contribution in [3.8, 4) is 0 Å². The third kappa shape index (κ3) is 3.62. The lowest BCUT2D eigenvalue weighted by atomic mass is 9.46. The molecular weight excluding hydrogens is 336 g/mol. The topological polar surface area (TPSA) is 0 Å². The van der Waals surface area contributed by atoms with Crippen LogP contribution in [0.1, 0.15) is 125 Å². The molecular formula is C28H50. The van der Waals surface area contributed by atoms with Crippen LogP contribution in [0.25, 0.3) is 0 Å². The zero-order valence-electron chi connectivity index (χ0n) is 19.9. The van der Waals surface area contributed by atoms with Crippen molar-refractivity contribution in [2.75, 3.05) is 0 Å². The highest BCUT2D eigenvalue weighted by atomic mass is 14.6. The van der Waals surface area contributed by atoms with E-state index in [-0.39, 0.29) is 0 Å². The number of fused-ring (bicyclic) bond motifs is 5. The van der Waals surface area contributed by atoms with Gasteiger partial charge in [0.25, 0.3) is 0 Å². The molecule has 162 valence electrons. The van der Waals surface area contributed by atoms with Crippen molar-refractivity contribution in [3.05, 3.63) is 0 Å². The first-order chi connectivity index (χ1) is 13.4. The van der Waals surface area contributed by atoms with E-state index in [1.54, 1.807) is 51.4 Å². The molecule has 0 heteroatoms. The Balaban J connectivity index is 1.47. The van der Waals surface area contributed by atoms with E-state index in [9.17, 15) is 0 Å². The predicted molar refractivity (Wildman–Crippen MR) is 122 cm³/mol. The zero-order valence-corrected chi connectivity index (χ0v) is 19.9. The molecule has 0 aromatic heterocycles. The van der Waals surface area contributed by atoms with Gasteiger partial charge in [-0.1, -0.05) is 73.1 Å². The van der Waals surface area contributed by atoms with E-state index < -0.39 is 0 Å². The van der Waals surface area contributed by atoms with Crippen molar-refractivity contribution in [2.24, 2.45) is 52.3 Å². The highest BCUT2D eigenvalue weighted by Gasteiger charge is 2.59. The van der Waals surface area contributed by atoms with Crippen LogP contribution in [0.4, 0.5) is 0 Å². The van der Waals surface area contributed by atoms with Gasteiger partial charge in [-0.3, -0.25) is 0 Å². The Kier molecular flexibility index (Phi) is 6.27. The molecule has 0 N–H and O–H groups in total. The normalized spacial score (nSPS) is 47.1. The molecule has 4 rings (SSSR count). The summed E-state index contributed by atoms with van der Waals surface area (Å²) < 4.78 is 0. The van der Waals surface area contributed by atoms with E-state index in [1.165, 1.54) is 38.5 Å². The van der Waals surface area contributed by atoms with Crippen LogP contribution in [0.2, 0.25) is 0 Å². The largest absolute Gasteiger partial charge is 0.0628 e. The van der Waals surface area contributed by atoms with Gasteiger partial charge in [-0.15, -0.1) is 0 Å². The quantitative estimate of drug-likeness (QED) is 0.442. The maximum atomic E-state index is 2.76. The van der Waals surface area contributed by atoms with Gasteiger partial charge in [-0.25, -0.2) is 0 Å². The summed E-state index contributed by atoms with van der Waals surface area (Å²) in [6.07, 6.45) is 21.4. The van der Waals surface area contributed by atoms with Gasteiger partial charge >= 0.3 is 0 Å². The van der Waals surface area contributed by atoms with Gasteiger partial charge in [0.1, 0.15) is 0 Å². The molecule has 4 fully saturated rings. The minimum absolute atomic E-state index is 0.673. The molecule has 4 aliphatic carbocycles. The average molecular weight is 387 g/mol. The Morgan fingerprint density at radius 1 is 0.714 bits per heavy atom. The minimum Gasteiger partial charge on any atom is -0.0628 e. The van der Waals surface area contributed by atoms with Crippen LogP contribution >= 0.6 is 0 Å². The van der Waals surface area contributed by atoms with Gasteiger partial charge < -0.3 is 0 Å². The maximum absolute atomic E-state index is 2.76. The average Bonchev–Trinajstić information content (AvgIpc) is 2.87. The lowest BCUT2D eigenvalue weighted by Crippen LogP contribution is -2.52. The summed E-state index contributed by atoms with van der Waals surface area (Å²) in [7, 11) is 0. The molecule has 0 spiro atoms. The van der Waals surface area contributed by atoms with Crippen molar-refractivity contribution < 1.29 is 0 Å². The first-order valence-electron chi connectivity index (χ1n) is 13.4. The van der Waals surface area contributed by atoms with Crippen LogP contribution in [0.5, 0.6) is 0 Å². The SMILES string of the molecule is CC(C)CCCC(C)C1CCC2C3CCC4CCCCCC4(C)C3CCC12C. The molecule has 4 aliphatic rings. The van der Waals surface area contributed by atoms with Gasteiger partial charge in [0.2, 0.25) is 0 Å². The fraction of sp³-hybridized carbons (Fsp3) is 1.00. The molecule has 0 aromatic rings. The maximum Gasteiger partial charge on any atom is -0.0264 e. The number of hydrogen-bond donors (Lipinski definition) is 0. The van der Waals surface area contributed by atoms with E-state index in [4.69, 9.17) is 0 Å². The van der Waals surface area contributed by atoms with Crippen LogP contribution in [0.15, 0.2) is 0 Å². The Bertz CT molecular complexity index is 520. The second kappa shape index (κ2) is 8.26. The van der Waals surface area contributed by atoms with Crippen LogP contribution in [-0.2, 0) is 0 Å². The molecule has 28 heavy (non-hydrogen) atoms. The van der Waals surface area contributed by atoms with Crippen molar-refractivity contribution in [1.29, 1.82) is 0 Å². The Morgan fingerprint density at radius 3 is 2.29 bits per heavy atom. The molecule has 0 radical (unpaired) electrons. The monoisotopic (exact) mass is 386 g/mol. The van der Waals surface area contributed by atoms with Crippen molar-refractivity contribution in [1.82, 2.24) is 0 Å². The molecule has 4 saturated carbocycles. The molecule has 0 aliphatic heterocycles. The van der Waals surface area contributed by atoms with Crippen molar-refractivity contribution in [2.45, 2.75) is 125 Å². The Hall–Kier alpha value is 0. The number of rotatable bonds is 5. The zero-order chi connectivity index (χ0) is 19.9. The summed E-state index contributed by atoms with van der Waals surface area (Å²) >= 11 is 0. The molecule has 0 saturated heterocycles. The molecule has 8 atom stereocenters. The lowest BCUT2D eigenvalue weighted by molar-refractivity contribution is -0.103. The van der Waals surface area contributed by atoms with E-state index >= 15 is 0 Å². The Labute approximate surface area is 177 Å². The number of hydrogen-bond acceptors (Lipinski definition) is 0. The summed E-state index contributed by atoms with van der Waals surface area (Å²) in [5.41, 5.74) is 1.37. The van der Waals surface area contributed by atoms with Crippen LogP contribution in [0, 0.1) is 52.3 Å². The summed E-state index contributed by atoms with van der Waals surface area (Å²) in [6.45, 7) is 12.9. The second-order valence-corrected chi connectivity index (χ2v) is 12.8. The molecule has 0 bridgehead atoms. The summed E-state index contributed by atoms with van der Waals surface area (Å²) in [6, 6.07) is 0. The third-order valence-corrected chi connectivity index (χ3v) is 11.0. The van der Waals surface area contributed by atoms with E-state index in [1.807, 2.05) is 0 Å². The van der Waals surface area contributed by atoms with Crippen LogP contribution < -0.4 is 0 Å². The van der Waals surface area contributed by atoms with Crippen molar-refractivity contribution >= 4 is 0 Å². The smallest absolute Gasteiger partial charge is 0.0264 e. The lowest BCUT2D eigenvalue weighted by Gasteiger charge is -2.59. The summed E-state index contributed by atoms with van der Waals surface area (Å²) in [5.74, 6) is 7.12. The standard InChI is InChI=1S/C28H50/c1-20(2)10-9-11-21(3)24-15-16-25-23-14-13-22-12-7-6-8-18-27(22,4)26(23)17-19-28(24,25)5/h20-26H,6-19H2,1-5H3. The van der Waals surface area contributed by atoms with Crippen LogP contribution in [0.3, 0.4) is 0 Å². The van der Waals surface area contributed by atoms with Crippen molar-refractivity contribution in [3.63, 3.8) is 0 Å². The van der Waals surface area contributed by atoms with Gasteiger partial charge in [-0.2, -0.15) is 0 Å². The molecule has 0 nitrogen and oxygen atoms in total. The minimum atomic E-state index is 0.673. The van der Waals surface area contributed by atoms with Crippen LogP contribution in [-0.4, -0.2) is 0 Å². The van der Waals surface area contributed by atoms with E-state index in [0.717, 1.165) is 41.4 Å².